The lowest BCUT2D eigenvalue weighted by Crippen LogP contribution is -2.14. The van der Waals surface area contributed by atoms with Crippen molar-refractivity contribution in [1.82, 2.24) is 0 Å². The third-order valence-electron chi connectivity index (χ3n) is 3.27. The molecule has 0 radical (unpaired) electrons. The van der Waals surface area contributed by atoms with Crippen LogP contribution in [0.25, 0.3) is 0 Å². The van der Waals surface area contributed by atoms with Crippen molar-refractivity contribution in [3.8, 4) is 0 Å². The molecule has 2 rings (SSSR count). The lowest BCUT2D eigenvalue weighted by molar-refractivity contribution is -0.114. The van der Waals surface area contributed by atoms with Crippen molar-refractivity contribution in [2.24, 2.45) is 0 Å². The molecule has 0 saturated carbocycles. The van der Waals surface area contributed by atoms with Crippen LogP contribution in [0.3, 0.4) is 0 Å². The summed E-state index contributed by atoms with van der Waals surface area (Å²) in [6.45, 7) is 4.89. The maximum Gasteiger partial charge on any atom is 0.338 e. The van der Waals surface area contributed by atoms with Crippen LogP contribution in [0, 0.1) is 13.8 Å². The largest absolute Gasteiger partial charge is 0.478 e. The molecule has 0 aliphatic carbocycles. The molecule has 0 unspecified atom stereocenters. The van der Waals surface area contributed by atoms with Crippen molar-refractivity contribution in [3.63, 3.8) is 0 Å². The lowest BCUT2D eigenvalue weighted by atomic mass is 10.1. The average molecular weight is 332 g/mol. The molecule has 0 saturated heterocycles. The summed E-state index contributed by atoms with van der Waals surface area (Å²) >= 11 is 1.22. The molecule has 1 heterocycles. The number of nitrogens with one attached hydrogen (secondary N) is 2. The van der Waals surface area contributed by atoms with Crippen LogP contribution in [0.2, 0.25) is 0 Å². The van der Waals surface area contributed by atoms with Gasteiger partial charge in [-0.05, 0) is 37.6 Å². The van der Waals surface area contributed by atoms with Gasteiger partial charge >= 0.3 is 5.97 Å². The molecule has 0 bridgehead atoms. The Morgan fingerprint density at radius 3 is 2.43 bits per heavy atom. The predicted molar refractivity (Wildman–Crippen MR) is 89.5 cm³/mol. The van der Waals surface area contributed by atoms with E-state index in [0.29, 0.717) is 21.8 Å². The van der Waals surface area contributed by atoms with E-state index in [0.717, 1.165) is 4.88 Å². The summed E-state index contributed by atoms with van der Waals surface area (Å²) in [5.41, 5.74) is 1.59. The highest BCUT2D eigenvalue weighted by Gasteiger charge is 2.20. The van der Waals surface area contributed by atoms with Crippen LogP contribution >= 0.6 is 11.3 Å². The normalized spacial score (nSPS) is 10.2. The first kappa shape index (κ1) is 16.7. The first-order valence-corrected chi connectivity index (χ1v) is 7.63. The van der Waals surface area contributed by atoms with E-state index in [-0.39, 0.29) is 11.5 Å². The highest BCUT2D eigenvalue weighted by atomic mass is 32.1. The summed E-state index contributed by atoms with van der Waals surface area (Å²) in [5, 5.41) is 14.8. The number of aromatic carboxylic acids is 1. The monoisotopic (exact) mass is 332 g/mol. The van der Waals surface area contributed by atoms with E-state index in [1.54, 1.807) is 32.0 Å². The van der Waals surface area contributed by atoms with Gasteiger partial charge in [0, 0.05) is 23.1 Å². The summed E-state index contributed by atoms with van der Waals surface area (Å²) in [6, 6.07) is 6.43. The van der Waals surface area contributed by atoms with Gasteiger partial charge in [-0.2, -0.15) is 0 Å². The second kappa shape index (κ2) is 6.62. The fraction of sp³-hybridized carbons (Fsp3) is 0.188. The highest BCUT2D eigenvalue weighted by Crippen LogP contribution is 2.32. The molecule has 7 heteroatoms. The third-order valence-corrected chi connectivity index (χ3v) is 4.39. The number of aryl methyl sites for hydroxylation is 1. The molecule has 0 spiro atoms. The van der Waals surface area contributed by atoms with Crippen molar-refractivity contribution in [1.29, 1.82) is 0 Å². The summed E-state index contributed by atoms with van der Waals surface area (Å²) in [4.78, 5) is 35.6. The number of hydrogen-bond donors (Lipinski definition) is 3. The van der Waals surface area contributed by atoms with Gasteiger partial charge in [0.05, 0.1) is 5.56 Å². The predicted octanol–water partition coefficient (Wildman–Crippen LogP) is 3.27. The number of benzene rings is 1. The topological polar surface area (TPSA) is 95.5 Å². The number of carbonyl (C=O) groups excluding carboxylic acids is 2. The Hall–Kier alpha value is -2.67. The van der Waals surface area contributed by atoms with E-state index >= 15 is 0 Å². The molecular weight excluding hydrogens is 316 g/mol. The minimum atomic E-state index is -1.07. The van der Waals surface area contributed by atoms with Crippen LogP contribution in [-0.2, 0) is 4.79 Å². The van der Waals surface area contributed by atoms with Gasteiger partial charge < -0.3 is 15.7 Å². The summed E-state index contributed by atoms with van der Waals surface area (Å²) in [5.74, 6) is -1.74. The van der Waals surface area contributed by atoms with Crippen LogP contribution in [0.1, 0.15) is 38.1 Å². The minimum absolute atomic E-state index is 0.110. The number of hydrogen-bond acceptors (Lipinski definition) is 4. The van der Waals surface area contributed by atoms with E-state index in [1.165, 1.54) is 24.3 Å². The van der Waals surface area contributed by atoms with E-state index in [9.17, 15) is 19.5 Å². The lowest BCUT2D eigenvalue weighted by Gasteiger charge is -2.07. The number of rotatable bonds is 4. The molecule has 0 aliphatic rings. The zero-order chi connectivity index (χ0) is 17.1. The zero-order valence-corrected chi connectivity index (χ0v) is 13.7. The van der Waals surface area contributed by atoms with Gasteiger partial charge in [0.1, 0.15) is 5.00 Å². The second-order valence-electron chi connectivity index (χ2n) is 5.01. The van der Waals surface area contributed by atoms with Crippen molar-refractivity contribution >= 4 is 39.8 Å². The molecule has 3 N–H and O–H groups in total. The molecule has 2 aromatic rings. The second-order valence-corrected chi connectivity index (χ2v) is 6.23. The molecule has 0 fully saturated rings. The van der Waals surface area contributed by atoms with E-state index < -0.39 is 11.9 Å². The standard InChI is InChI=1S/C16H16N2O4S/c1-8-9(2)23-15(13(8)16(21)22)18-14(20)11-5-4-6-12(7-11)17-10(3)19/h4-7H,1-3H3,(H,17,19)(H,18,20)(H,21,22). The molecular formula is C16H16N2O4S. The van der Waals surface area contributed by atoms with Gasteiger partial charge in [-0.3, -0.25) is 9.59 Å². The number of amides is 2. The van der Waals surface area contributed by atoms with Crippen LogP contribution in [0.5, 0.6) is 0 Å². The Morgan fingerprint density at radius 2 is 1.83 bits per heavy atom. The molecule has 2 amide bonds. The fourth-order valence-corrected chi connectivity index (χ4v) is 3.14. The van der Waals surface area contributed by atoms with Gasteiger partial charge in [0.2, 0.25) is 5.91 Å². The minimum Gasteiger partial charge on any atom is -0.478 e. The molecule has 1 aromatic heterocycles. The number of anilines is 2. The Balaban J connectivity index is 2.28. The van der Waals surface area contributed by atoms with Crippen molar-refractivity contribution < 1.29 is 19.5 Å². The van der Waals surface area contributed by atoms with Crippen LogP contribution < -0.4 is 10.6 Å². The summed E-state index contributed by atoms with van der Waals surface area (Å²) in [7, 11) is 0. The number of thiophene rings is 1. The van der Waals surface area contributed by atoms with Gasteiger partial charge in [0.25, 0.3) is 5.91 Å². The molecule has 120 valence electrons. The Labute approximate surface area is 137 Å². The van der Waals surface area contributed by atoms with Crippen molar-refractivity contribution in [2.45, 2.75) is 20.8 Å². The van der Waals surface area contributed by atoms with Gasteiger partial charge in [-0.15, -0.1) is 11.3 Å². The first-order chi connectivity index (χ1) is 10.8. The van der Waals surface area contributed by atoms with E-state index in [4.69, 9.17) is 0 Å². The van der Waals surface area contributed by atoms with Crippen molar-refractivity contribution in [3.05, 3.63) is 45.8 Å². The fourth-order valence-electron chi connectivity index (χ4n) is 2.09. The zero-order valence-electron chi connectivity index (χ0n) is 12.9. The number of carboxylic acid groups (broad SMARTS) is 1. The smallest absolute Gasteiger partial charge is 0.338 e. The van der Waals surface area contributed by atoms with Gasteiger partial charge in [-0.1, -0.05) is 6.07 Å². The number of carboxylic acids is 1. The van der Waals surface area contributed by atoms with Gasteiger partial charge in [0.15, 0.2) is 0 Å². The quantitative estimate of drug-likeness (QED) is 0.800. The average Bonchev–Trinajstić information content (AvgIpc) is 2.73. The third kappa shape index (κ3) is 3.75. The first-order valence-electron chi connectivity index (χ1n) is 6.82. The molecule has 1 aromatic carbocycles. The van der Waals surface area contributed by atoms with Crippen LogP contribution in [0.15, 0.2) is 24.3 Å². The van der Waals surface area contributed by atoms with Crippen molar-refractivity contribution in [2.75, 3.05) is 10.6 Å². The Bertz CT molecular complexity index is 795. The highest BCUT2D eigenvalue weighted by molar-refractivity contribution is 7.16. The molecule has 0 atom stereocenters. The maximum atomic E-state index is 12.3. The summed E-state index contributed by atoms with van der Waals surface area (Å²) < 4.78 is 0. The molecule has 23 heavy (non-hydrogen) atoms. The SMILES string of the molecule is CC(=O)Nc1cccc(C(=O)Nc2sc(C)c(C)c2C(=O)O)c1. The molecule has 0 aliphatic heterocycles. The summed E-state index contributed by atoms with van der Waals surface area (Å²) in [6.07, 6.45) is 0. The van der Waals surface area contributed by atoms with Crippen LogP contribution in [0.4, 0.5) is 10.7 Å². The Morgan fingerprint density at radius 1 is 1.13 bits per heavy atom. The maximum absolute atomic E-state index is 12.3. The van der Waals surface area contributed by atoms with E-state index in [2.05, 4.69) is 10.6 Å². The molecule has 6 nitrogen and oxygen atoms in total. The Kier molecular flexibility index (Phi) is 4.80. The van der Waals surface area contributed by atoms with Crippen LogP contribution in [-0.4, -0.2) is 22.9 Å². The van der Waals surface area contributed by atoms with Gasteiger partial charge in [-0.25, -0.2) is 4.79 Å². The number of carbonyl (C=O) groups is 3. The van der Waals surface area contributed by atoms with E-state index in [1.807, 2.05) is 0 Å².